The minimum Gasteiger partial charge on any atom is -0.393 e. The van der Waals surface area contributed by atoms with Crippen molar-refractivity contribution in [1.29, 1.82) is 0 Å². The molecule has 0 aromatic carbocycles. The van der Waals surface area contributed by atoms with Crippen LogP contribution < -0.4 is 0 Å². The summed E-state index contributed by atoms with van der Waals surface area (Å²) in [7, 11) is 0. The van der Waals surface area contributed by atoms with Gasteiger partial charge in [0.1, 0.15) is 6.10 Å². The maximum absolute atomic E-state index is 12.4. The number of carbonyl (C=O) groups excluding carboxylic acids is 1. The normalized spacial score (nSPS) is 37.5. The van der Waals surface area contributed by atoms with Gasteiger partial charge in [0.2, 0.25) is 0 Å². The standard InChI is InChI=1S/C16H27NO4/c1-11(21-10-13-4-2-3-7-20-13)16(19)17-8-12-5-6-15(18)14(12)9-17/h11-15,18H,2-10H2,1H3. The molecule has 3 rings (SSSR count). The average Bonchev–Trinajstić information content (AvgIpc) is 3.07. The summed E-state index contributed by atoms with van der Waals surface area (Å²) in [6.07, 6.45) is 4.79. The van der Waals surface area contributed by atoms with E-state index >= 15 is 0 Å². The number of likely N-dealkylation sites (tertiary alicyclic amines) is 1. The number of ether oxygens (including phenoxy) is 2. The van der Waals surface area contributed by atoms with Gasteiger partial charge in [-0.25, -0.2) is 0 Å². The van der Waals surface area contributed by atoms with Crippen molar-refractivity contribution in [2.75, 3.05) is 26.3 Å². The van der Waals surface area contributed by atoms with Crippen molar-refractivity contribution in [3.8, 4) is 0 Å². The molecule has 0 bridgehead atoms. The third-order valence-corrected chi connectivity index (χ3v) is 5.28. The highest BCUT2D eigenvalue weighted by Gasteiger charge is 2.44. The van der Waals surface area contributed by atoms with E-state index in [-0.39, 0.29) is 24.0 Å². The van der Waals surface area contributed by atoms with Crippen LogP contribution in [0.25, 0.3) is 0 Å². The molecule has 5 nitrogen and oxygen atoms in total. The number of aliphatic hydroxyl groups excluding tert-OH is 1. The molecule has 1 aliphatic carbocycles. The van der Waals surface area contributed by atoms with E-state index in [0.29, 0.717) is 19.1 Å². The Labute approximate surface area is 126 Å². The molecule has 2 aliphatic heterocycles. The number of aliphatic hydroxyl groups is 1. The number of hydrogen-bond acceptors (Lipinski definition) is 4. The summed E-state index contributed by atoms with van der Waals surface area (Å²) in [5.74, 6) is 0.827. The molecule has 21 heavy (non-hydrogen) atoms. The van der Waals surface area contributed by atoms with E-state index in [1.165, 1.54) is 6.42 Å². The van der Waals surface area contributed by atoms with Gasteiger partial charge in [0, 0.05) is 25.6 Å². The van der Waals surface area contributed by atoms with Gasteiger partial charge in [0.05, 0.1) is 18.8 Å². The maximum Gasteiger partial charge on any atom is 0.251 e. The number of amides is 1. The van der Waals surface area contributed by atoms with Crippen LogP contribution in [0, 0.1) is 11.8 Å². The second-order valence-corrected chi connectivity index (χ2v) is 6.78. The number of carbonyl (C=O) groups is 1. The minimum absolute atomic E-state index is 0.0624. The zero-order valence-corrected chi connectivity index (χ0v) is 12.9. The van der Waals surface area contributed by atoms with Gasteiger partial charge in [-0.05, 0) is 44.9 Å². The third-order valence-electron chi connectivity index (χ3n) is 5.28. The molecule has 1 N–H and O–H groups in total. The van der Waals surface area contributed by atoms with Gasteiger partial charge in [-0.15, -0.1) is 0 Å². The highest BCUT2D eigenvalue weighted by Crippen LogP contribution is 2.38. The van der Waals surface area contributed by atoms with E-state index < -0.39 is 6.10 Å². The van der Waals surface area contributed by atoms with E-state index in [1.54, 1.807) is 0 Å². The molecule has 5 atom stereocenters. The Hall–Kier alpha value is -0.650. The Bertz CT molecular complexity index is 369. The Balaban J connectivity index is 1.44. The summed E-state index contributed by atoms with van der Waals surface area (Å²) >= 11 is 0. The molecule has 1 amide bonds. The van der Waals surface area contributed by atoms with Crippen LogP contribution in [0.3, 0.4) is 0 Å². The fraction of sp³-hybridized carbons (Fsp3) is 0.938. The Morgan fingerprint density at radius 3 is 2.90 bits per heavy atom. The molecule has 0 aromatic rings. The van der Waals surface area contributed by atoms with Crippen molar-refractivity contribution in [2.45, 2.75) is 57.3 Å². The molecule has 0 spiro atoms. The van der Waals surface area contributed by atoms with Gasteiger partial charge in [-0.1, -0.05) is 0 Å². The van der Waals surface area contributed by atoms with Crippen LogP contribution >= 0.6 is 0 Å². The SMILES string of the molecule is CC(OCC1CCCCO1)C(=O)N1CC2CCC(O)C2C1. The largest absolute Gasteiger partial charge is 0.393 e. The quantitative estimate of drug-likeness (QED) is 0.847. The molecule has 2 heterocycles. The Morgan fingerprint density at radius 2 is 2.19 bits per heavy atom. The lowest BCUT2D eigenvalue weighted by Crippen LogP contribution is -2.40. The number of hydrogen-bond donors (Lipinski definition) is 1. The molecule has 5 unspecified atom stereocenters. The highest BCUT2D eigenvalue weighted by molar-refractivity contribution is 5.80. The molecule has 2 saturated heterocycles. The van der Waals surface area contributed by atoms with Crippen LogP contribution in [-0.2, 0) is 14.3 Å². The first-order valence-corrected chi connectivity index (χ1v) is 8.35. The van der Waals surface area contributed by atoms with Gasteiger partial charge in [0.25, 0.3) is 5.91 Å². The molecule has 0 aromatic heterocycles. The zero-order valence-electron chi connectivity index (χ0n) is 12.9. The van der Waals surface area contributed by atoms with E-state index in [9.17, 15) is 9.90 Å². The lowest BCUT2D eigenvalue weighted by molar-refractivity contribution is -0.145. The average molecular weight is 297 g/mol. The van der Waals surface area contributed by atoms with Gasteiger partial charge in [0.15, 0.2) is 0 Å². The molecule has 3 fully saturated rings. The summed E-state index contributed by atoms with van der Waals surface area (Å²) in [6.45, 7) is 4.63. The third kappa shape index (κ3) is 3.41. The van der Waals surface area contributed by atoms with Crippen LogP contribution in [0.2, 0.25) is 0 Å². The Kier molecular flexibility index (Phi) is 4.82. The zero-order chi connectivity index (χ0) is 14.8. The molecule has 1 saturated carbocycles. The molecule has 0 radical (unpaired) electrons. The van der Waals surface area contributed by atoms with Crippen molar-refractivity contribution in [2.24, 2.45) is 11.8 Å². The Morgan fingerprint density at radius 1 is 1.33 bits per heavy atom. The van der Waals surface area contributed by atoms with Crippen LogP contribution in [0.1, 0.15) is 39.0 Å². The van der Waals surface area contributed by atoms with E-state index in [0.717, 1.165) is 38.8 Å². The highest BCUT2D eigenvalue weighted by atomic mass is 16.5. The van der Waals surface area contributed by atoms with Gasteiger partial charge in [-0.3, -0.25) is 4.79 Å². The topological polar surface area (TPSA) is 59.0 Å². The van der Waals surface area contributed by atoms with Crippen LogP contribution in [0.5, 0.6) is 0 Å². The first-order chi connectivity index (χ1) is 10.1. The maximum atomic E-state index is 12.4. The first-order valence-electron chi connectivity index (χ1n) is 8.35. The van der Waals surface area contributed by atoms with Crippen molar-refractivity contribution < 1.29 is 19.4 Å². The molecular weight excluding hydrogens is 270 g/mol. The van der Waals surface area contributed by atoms with Crippen molar-refractivity contribution in [3.05, 3.63) is 0 Å². The summed E-state index contributed by atoms with van der Waals surface area (Å²) < 4.78 is 11.4. The smallest absolute Gasteiger partial charge is 0.251 e. The van der Waals surface area contributed by atoms with Crippen molar-refractivity contribution >= 4 is 5.91 Å². The van der Waals surface area contributed by atoms with Gasteiger partial charge in [-0.2, -0.15) is 0 Å². The van der Waals surface area contributed by atoms with Crippen LogP contribution in [0.4, 0.5) is 0 Å². The summed E-state index contributed by atoms with van der Waals surface area (Å²) in [5, 5.41) is 9.93. The second-order valence-electron chi connectivity index (χ2n) is 6.78. The summed E-state index contributed by atoms with van der Waals surface area (Å²) in [5.41, 5.74) is 0. The second kappa shape index (κ2) is 6.63. The summed E-state index contributed by atoms with van der Waals surface area (Å²) in [6, 6.07) is 0. The number of nitrogens with zero attached hydrogens (tertiary/aromatic N) is 1. The van der Waals surface area contributed by atoms with Crippen molar-refractivity contribution in [3.63, 3.8) is 0 Å². The number of fused-ring (bicyclic) bond motifs is 1. The predicted molar refractivity (Wildman–Crippen MR) is 77.8 cm³/mol. The fourth-order valence-corrected chi connectivity index (χ4v) is 3.94. The monoisotopic (exact) mass is 297 g/mol. The molecule has 120 valence electrons. The molecular formula is C16H27NO4. The molecule has 5 heteroatoms. The van der Waals surface area contributed by atoms with Crippen LogP contribution in [0.15, 0.2) is 0 Å². The molecule has 3 aliphatic rings. The minimum atomic E-state index is -0.411. The van der Waals surface area contributed by atoms with E-state index in [2.05, 4.69) is 0 Å². The predicted octanol–water partition coefficient (Wildman–Crippen LogP) is 1.19. The van der Waals surface area contributed by atoms with Gasteiger partial charge >= 0.3 is 0 Å². The summed E-state index contributed by atoms with van der Waals surface area (Å²) in [4.78, 5) is 14.3. The lowest BCUT2D eigenvalue weighted by atomic mass is 10.00. The first kappa shape index (κ1) is 15.3. The van der Waals surface area contributed by atoms with E-state index in [4.69, 9.17) is 9.47 Å². The fourth-order valence-electron chi connectivity index (χ4n) is 3.94. The van der Waals surface area contributed by atoms with Crippen molar-refractivity contribution in [1.82, 2.24) is 4.90 Å². The van der Waals surface area contributed by atoms with E-state index in [1.807, 2.05) is 11.8 Å². The van der Waals surface area contributed by atoms with Gasteiger partial charge < -0.3 is 19.5 Å². The number of rotatable bonds is 4. The van der Waals surface area contributed by atoms with Crippen LogP contribution in [-0.4, -0.2) is 60.5 Å². The lowest BCUT2D eigenvalue weighted by Gasteiger charge is -2.26.